The van der Waals surface area contributed by atoms with Crippen molar-refractivity contribution in [3.05, 3.63) is 41.6 Å². The Bertz CT molecular complexity index is 462. The molecule has 0 aliphatic heterocycles. The van der Waals surface area contributed by atoms with Gasteiger partial charge in [0, 0.05) is 20.0 Å². The average Bonchev–Trinajstić information content (AvgIpc) is 2.40. The van der Waals surface area contributed by atoms with E-state index in [-0.39, 0.29) is 11.8 Å². The normalized spacial score (nSPS) is 11.0. The zero-order valence-corrected chi connectivity index (χ0v) is 11.6. The summed E-state index contributed by atoms with van der Waals surface area (Å²) in [5.74, 6) is -0.410. The topological polar surface area (TPSA) is 49.4 Å². The first-order chi connectivity index (χ1) is 9.08. The molecule has 0 bridgehead atoms. The lowest BCUT2D eigenvalue weighted by Crippen LogP contribution is -2.37. The Kier molecular flexibility index (Phi) is 5.79. The van der Waals surface area contributed by atoms with Gasteiger partial charge in [0.05, 0.1) is 0 Å². The second-order valence-corrected chi connectivity index (χ2v) is 4.13. The van der Waals surface area contributed by atoms with E-state index in [1.165, 1.54) is 6.92 Å². The van der Waals surface area contributed by atoms with Crippen molar-refractivity contribution in [1.29, 1.82) is 0 Å². The predicted octanol–water partition coefficient (Wildman–Crippen LogP) is 2.03. The molecule has 0 aromatic heterocycles. The number of likely N-dealkylation sites (N-methyl/N-ethyl adjacent to an activating group) is 1. The maximum Gasteiger partial charge on any atom is 0.270 e. The molecule has 0 spiro atoms. The van der Waals surface area contributed by atoms with E-state index in [2.05, 4.69) is 5.32 Å². The van der Waals surface area contributed by atoms with E-state index >= 15 is 0 Å². The number of carbonyl (C=O) groups excluding carboxylic acids is 2. The molecule has 4 nitrogen and oxygen atoms in total. The molecule has 4 heteroatoms. The highest BCUT2D eigenvalue weighted by Crippen LogP contribution is 2.07. The Balaban J connectivity index is 3.04. The van der Waals surface area contributed by atoms with Crippen LogP contribution in [-0.2, 0) is 9.59 Å². The fourth-order valence-electron chi connectivity index (χ4n) is 1.74. The van der Waals surface area contributed by atoms with Crippen LogP contribution >= 0.6 is 0 Å². The number of nitrogens with one attached hydrogen (secondary N) is 1. The van der Waals surface area contributed by atoms with Crippen LogP contribution < -0.4 is 5.32 Å². The van der Waals surface area contributed by atoms with E-state index in [4.69, 9.17) is 0 Å². The molecule has 1 aromatic rings. The van der Waals surface area contributed by atoms with Gasteiger partial charge in [-0.15, -0.1) is 0 Å². The van der Waals surface area contributed by atoms with Crippen molar-refractivity contribution in [3.8, 4) is 0 Å². The third kappa shape index (κ3) is 4.58. The molecular formula is C15H20N2O2. The number of nitrogens with zero attached hydrogens (tertiary/aromatic N) is 1. The SMILES string of the molecule is CCN(CC)C(=O)/C(=C/c1ccccc1)NC(C)=O. The van der Waals surface area contributed by atoms with Crippen LogP contribution in [-0.4, -0.2) is 29.8 Å². The number of carbonyl (C=O) groups is 2. The molecule has 1 aromatic carbocycles. The molecular weight excluding hydrogens is 240 g/mol. The van der Waals surface area contributed by atoms with E-state index < -0.39 is 0 Å². The summed E-state index contributed by atoms with van der Waals surface area (Å²) in [6, 6.07) is 9.45. The summed E-state index contributed by atoms with van der Waals surface area (Å²) in [4.78, 5) is 25.2. The molecule has 0 atom stereocenters. The van der Waals surface area contributed by atoms with Gasteiger partial charge in [-0.2, -0.15) is 0 Å². The molecule has 102 valence electrons. The summed E-state index contributed by atoms with van der Waals surface area (Å²) in [7, 11) is 0. The van der Waals surface area contributed by atoms with Gasteiger partial charge in [-0.05, 0) is 25.5 Å². The zero-order valence-electron chi connectivity index (χ0n) is 11.6. The van der Waals surface area contributed by atoms with Crippen molar-refractivity contribution < 1.29 is 9.59 Å². The van der Waals surface area contributed by atoms with Gasteiger partial charge >= 0.3 is 0 Å². The third-order valence-corrected chi connectivity index (χ3v) is 2.70. The molecule has 2 amide bonds. The molecule has 0 fully saturated rings. The van der Waals surface area contributed by atoms with Crippen LogP contribution in [0.4, 0.5) is 0 Å². The summed E-state index contributed by atoms with van der Waals surface area (Å²) in [5.41, 5.74) is 1.19. The maximum atomic E-state index is 12.3. The molecule has 19 heavy (non-hydrogen) atoms. The molecule has 0 radical (unpaired) electrons. The summed E-state index contributed by atoms with van der Waals surface area (Å²) in [5, 5.41) is 2.61. The predicted molar refractivity (Wildman–Crippen MR) is 76.2 cm³/mol. The van der Waals surface area contributed by atoms with Gasteiger partial charge in [0.2, 0.25) is 5.91 Å². The quantitative estimate of drug-likeness (QED) is 0.824. The van der Waals surface area contributed by atoms with Crippen LogP contribution in [0.25, 0.3) is 6.08 Å². The maximum absolute atomic E-state index is 12.3. The summed E-state index contributed by atoms with van der Waals surface area (Å²) in [6.07, 6.45) is 1.70. The van der Waals surface area contributed by atoms with E-state index in [1.54, 1.807) is 11.0 Å². The number of hydrogen-bond acceptors (Lipinski definition) is 2. The minimum absolute atomic E-state index is 0.163. The standard InChI is InChI=1S/C15H20N2O2/c1-4-17(5-2)15(19)14(16-12(3)18)11-13-9-7-6-8-10-13/h6-11H,4-5H2,1-3H3,(H,16,18)/b14-11-. The highest BCUT2D eigenvalue weighted by atomic mass is 16.2. The first-order valence-electron chi connectivity index (χ1n) is 6.42. The Morgan fingerprint density at radius 3 is 2.21 bits per heavy atom. The van der Waals surface area contributed by atoms with Crippen LogP contribution in [0, 0.1) is 0 Å². The van der Waals surface area contributed by atoms with Crippen LogP contribution in [0.1, 0.15) is 26.3 Å². The number of amides is 2. The Morgan fingerprint density at radius 2 is 1.74 bits per heavy atom. The van der Waals surface area contributed by atoms with Gasteiger partial charge < -0.3 is 10.2 Å². The first kappa shape index (κ1) is 15.0. The van der Waals surface area contributed by atoms with Gasteiger partial charge in [-0.25, -0.2) is 0 Å². The Morgan fingerprint density at radius 1 is 1.16 bits per heavy atom. The average molecular weight is 260 g/mol. The first-order valence-corrected chi connectivity index (χ1v) is 6.42. The highest BCUT2D eigenvalue weighted by Gasteiger charge is 2.16. The summed E-state index contributed by atoms with van der Waals surface area (Å²) in [6.45, 7) is 6.45. The Hall–Kier alpha value is -2.10. The van der Waals surface area contributed by atoms with Crippen molar-refractivity contribution >= 4 is 17.9 Å². The molecule has 0 aliphatic carbocycles. The van der Waals surface area contributed by atoms with E-state index in [0.717, 1.165) is 5.56 Å². The van der Waals surface area contributed by atoms with Crippen molar-refractivity contribution in [2.24, 2.45) is 0 Å². The minimum Gasteiger partial charge on any atom is -0.338 e. The lowest BCUT2D eigenvalue weighted by Gasteiger charge is -2.20. The van der Waals surface area contributed by atoms with Gasteiger partial charge in [0.15, 0.2) is 0 Å². The second kappa shape index (κ2) is 7.36. The lowest BCUT2D eigenvalue weighted by molar-refractivity contribution is -0.129. The van der Waals surface area contributed by atoms with Gasteiger partial charge in [0.1, 0.15) is 5.70 Å². The molecule has 0 unspecified atom stereocenters. The van der Waals surface area contributed by atoms with Gasteiger partial charge in [-0.3, -0.25) is 9.59 Å². The van der Waals surface area contributed by atoms with E-state index in [1.807, 2.05) is 44.2 Å². The molecule has 0 heterocycles. The lowest BCUT2D eigenvalue weighted by atomic mass is 10.2. The fourth-order valence-corrected chi connectivity index (χ4v) is 1.74. The molecule has 1 N–H and O–H groups in total. The second-order valence-electron chi connectivity index (χ2n) is 4.13. The monoisotopic (exact) mass is 260 g/mol. The molecule has 0 aliphatic rings. The van der Waals surface area contributed by atoms with Crippen molar-refractivity contribution in [2.45, 2.75) is 20.8 Å². The number of hydrogen-bond donors (Lipinski definition) is 1. The highest BCUT2D eigenvalue weighted by molar-refractivity contribution is 6.00. The van der Waals surface area contributed by atoms with Crippen LogP contribution in [0.2, 0.25) is 0 Å². The molecule has 1 rings (SSSR count). The van der Waals surface area contributed by atoms with Crippen LogP contribution in [0.15, 0.2) is 36.0 Å². The van der Waals surface area contributed by atoms with Gasteiger partial charge in [-0.1, -0.05) is 30.3 Å². The largest absolute Gasteiger partial charge is 0.338 e. The third-order valence-electron chi connectivity index (χ3n) is 2.70. The Labute approximate surface area is 114 Å². The molecule has 0 saturated carbocycles. The number of rotatable bonds is 5. The summed E-state index contributed by atoms with van der Waals surface area (Å²) >= 11 is 0. The van der Waals surface area contributed by atoms with Crippen molar-refractivity contribution in [3.63, 3.8) is 0 Å². The number of benzene rings is 1. The summed E-state index contributed by atoms with van der Waals surface area (Å²) < 4.78 is 0. The van der Waals surface area contributed by atoms with E-state index in [0.29, 0.717) is 18.8 Å². The zero-order chi connectivity index (χ0) is 14.3. The van der Waals surface area contributed by atoms with E-state index in [9.17, 15) is 9.59 Å². The smallest absolute Gasteiger partial charge is 0.270 e. The van der Waals surface area contributed by atoms with Crippen molar-refractivity contribution in [2.75, 3.05) is 13.1 Å². The fraction of sp³-hybridized carbons (Fsp3) is 0.333. The molecule has 0 saturated heterocycles. The minimum atomic E-state index is -0.248. The van der Waals surface area contributed by atoms with Crippen molar-refractivity contribution in [1.82, 2.24) is 10.2 Å². The van der Waals surface area contributed by atoms with Crippen LogP contribution in [0.3, 0.4) is 0 Å². The van der Waals surface area contributed by atoms with Gasteiger partial charge in [0.25, 0.3) is 5.91 Å². The van der Waals surface area contributed by atoms with Crippen LogP contribution in [0.5, 0.6) is 0 Å².